The molecule has 4 rings (SSSR count). The van der Waals surface area contributed by atoms with Gasteiger partial charge in [-0.3, -0.25) is 9.69 Å². The van der Waals surface area contributed by atoms with E-state index in [1.165, 1.54) is 0 Å². The maximum atomic E-state index is 12.6. The number of methoxy groups -OCH3 is 1. The molecule has 0 spiro atoms. The number of piperazine rings is 1. The molecular weight excluding hydrogens is 428 g/mol. The molecule has 1 aliphatic rings. The lowest BCUT2D eigenvalue weighted by Gasteiger charge is -2.33. The molecule has 0 atom stereocenters. The minimum Gasteiger partial charge on any atom is -0.493 e. The van der Waals surface area contributed by atoms with Gasteiger partial charge in [-0.2, -0.15) is 16.3 Å². The van der Waals surface area contributed by atoms with Crippen LogP contribution in [-0.4, -0.2) is 65.7 Å². The summed E-state index contributed by atoms with van der Waals surface area (Å²) < 4.78 is 16.3. The van der Waals surface area contributed by atoms with Gasteiger partial charge in [-0.25, -0.2) is 0 Å². The number of ether oxygens (including phenoxy) is 2. The number of hydrogen-bond donors (Lipinski definition) is 0. The third kappa shape index (κ3) is 5.35. The van der Waals surface area contributed by atoms with Crippen molar-refractivity contribution in [1.82, 2.24) is 19.9 Å². The zero-order valence-electron chi connectivity index (χ0n) is 18.2. The van der Waals surface area contributed by atoms with Gasteiger partial charge in [0.15, 0.2) is 11.5 Å². The first-order valence-corrected chi connectivity index (χ1v) is 11.5. The van der Waals surface area contributed by atoms with Gasteiger partial charge in [0.2, 0.25) is 17.6 Å². The fourth-order valence-corrected chi connectivity index (χ4v) is 4.12. The number of amides is 1. The second kappa shape index (κ2) is 10.4. The second-order valence-corrected chi connectivity index (χ2v) is 8.08. The molecule has 1 aromatic carbocycles. The number of hydrogen-bond acceptors (Lipinski definition) is 8. The zero-order valence-corrected chi connectivity index (χ0v) is 19.0. The molecule has 1 aliphatic heterocycles. The van der Waals surface area contributed by atoms with Crippen LogP contribution < -0.4 is 9.47 Å². The average Bonchev–Trinajstić information content (AvgIpc) is 3.51. The largest absolute Gasteiger partial charge is 0.493 e. The first-order chi connectivity index (χ1) is 15.7. The Kier molecular flexibility index (Phi) is 7.18. The van der Waals surface area contributed by atoms with Crippen LogP contribution in [0.3, 0.4) is 0 Å². The predicted molar refractivity (Wildman–Crippen MR) is 123 cm³/mol. The summed E-state index contributed by atoms with van der Waals surface area (Å²) in [6, 6.07) is 7.60. The summed E-state index contributed by atoms with van der Waals surface area (Å²) in [4.78, 5) is 21.2. The van der Waals surface area contributed by atoms with Gasteiger partial charge >= 0.3 is 0 Å². The molecule has 1 amide bonds. The lowest BCUT2D eigenvalue weighted by molar-refractivity contribution is -0.127. The maximum Gasteiger partial charge on any atom is 0.246 e. The van der Waals surface area contributed by atoms with Crippen LogP contribution in [0.25, 0.3) is 17.5 Å². The molecule has 9 heteroatoms. The van der Waals surface area contributed by atoms with E-state index in [-0.39, 0.29) is 5.91 Å². The third-order valence-electron chi connectivity index (χ3n) is 5.20. The van der Waals surface area contributed by atoms with Crippen LogP contribution in [0.5, 0.6) is 11.5 Å². The fourth-order valence-electron chi connectivity index (χ4n) is 3.48. The molecule has 0 saturated carbocycles. The van der Waals surface area contributed by atoms with Gasteiger partial charge in [-0.15, -0.1) is 0 Å². The summed E-state index contributed by atoms with van der Waals surface area (Å²) >= 11 is 1.60. The molecule has 3 heterocycles. The summed E-state index contributed by atoms with van der Waals surface area (Å²) in [7, 11) is 1.60. The Morgan fingerprint density at radius 3 is 2.78 bits per heavy atom. The van der Waals surface area contributed by atoms with Crippen molar-refractivity contribution in [3.63, 3.8) is 0 Å². The number of benzene rings is 1. The number of carbonyl (C=O) groups is 1. The molecule has 8 nitrogen and oxygen atoms in total. The number of rotatable bonds is 8. The SMILES string of the molecule is CCOc1ccc(/C=C/C(=O)N2CCN(Cc3nc(-c4ccsc4)no3)CC2)cc1OC. The van der Waals surface area contributed by atoms with E-state index < -0.39 is 0 Å². The minimum absolute atomic E-state index is 0.00460. The Balaban J connectivity index is 1.28. The molecule has 3 aromatic rings. The van der Waals surface area contributed by atoms with Gasteiger partial charge in [-0.05, 0) is 42.1 Å². The number of carbonyl (C=O) groups excluding carboxylic acids is 1. The average molecular weight is 455 g/mol. The van der Waals surface area contributed by atoms with E-state index in [4.69, 9.17) is 14.0 Å². The van der Waals surface area contributed by atoms with E-state index in [1.807, 2.05) is 46.8 Å². The van der Waals surface area contributed by atoms with Crippen molar-refractivity contribution in [3.8, 4) is 22.9 Å². The van der Waals surface area contributed by atoms with Crippen molar-refractivity contribution < 1.29 is 18.8 Å². The number of nitrogens with zero attached hydrogens (tertiary/aromatic N) is 4. The van der Waals surface area contributed by atoms with E-state index >= 15 is 0 Å². The second-order valence-electron chi connectivity index (χ2n) is 7.30. The van der Waals surface area contributed by atoms with E-state index in [0.29, 0.717) is 49.5 Å². The zero-order chi connectivity index (χ0) is 22.3. The monoisotopic (exact) mass is 454 g/mol. The fraction of sp³-hybridized carbons (Fsp3) is 0.348. The van der Waals surface area contributed by atoms with Crippen molar-refractivity contribution in [2.45, 2.75) is 13.5 Å². The van der Waals surface area contributed by atoms with Gasteiger partial charge in [0.05, 0.1) is 20.3 Å². The van der Waals surface area contributed by atoms with Gasteiger partial charge in [-0.1, -0.05) is 11.2 Å². The van der Waals surface area contributed by atoms with Crippen LogP contribution >= 0.6 is 11.3 Å². The van der Waals surface area contributed by atoms with Crippen molar-refractivity contribution in [1.29, 1.82) is 0 Å². The third-order valence-corrected chi connectivity index (χ3v) is 5.88. The van der Waals surface area contributed by atoms with Crippen LogP contribution in [0.15, 0.2) is 45.6 Å². The van der Waals surface area contributed by atoms with Crippen molar-refractivity contribution >= 4 is 23.3 Å². The normalized spacial score (nSPS) is 14.8. The van der Waals surface area contributed by atoms with Crippen LogP contribution in [0.1, 0.15) is 18.4 Å². The van der Waals surface area contributed by atoms with E-state index in [2.05, 4.69) is 15.0 Å². The van der Waals surface area contributed by atoms with Crippen molar-refractivity contribution in [2.75, 3.05) is 39.9 Å². The standard InChI is InChI=1S/C23H26N4O4S/c1-3-30-19-6-4-17(14-20(19)29-2)5-7-22(28)27-11-9-26(10-12-27)15-21-24-23(25-31-21)18-8-13-32-16-18/h4-8,13-14,16H,3,9-12,15H2,1-2H3/b7-5+. The van der Waals surface area contributed by atoms with E-state index in [9.17, 15) is 4.79 Å². The van der Waals surface area contributed by atoms with Crippen LogP contribution in [0.4, 0.5) is 0 Å². The smallest absolute Gasteiger partial charge is 0.246 e. The first kappa shape index (κ1) is 22.0. The molecule has 1 fully saturated rings. The van der Waals surface area contributed by atoms with Gasteiger partial charge in [0, 0.05) is 43.2 Å². The highest BCUT2D eigenvalue weighted by atomic mass is 32.1. The summed E-state index contributed by atoms with van der Waals surface area (Å²) in [5.41, 5.74) is 1.85. The molecule has 168 valence electrons. The highest BCUT2D eigenvalue weighted by molar-refractivity contribution is 7.08. The number of thiophene rings is 1. The Bertz CT molecular complexity index is 1060. The molecule has 0 bridgehead atoms. The molecule has 0 aliphatic carbocycles. The van der Waals surface area contributed by atoms with Gasteiger partial charge in [0.25, 0.3) is 0 Å². The summed E-state index contributed by atoms with van der Waals surface area (Å²) in [5.74, 6) is 2.55. The van der Waals surface area contributed by atoms with Crippen molar-refractivity contribution in [2.24, 2.45) is 0 Å². The van der Waals surface area contributed by atoms with E-state index in [1.54, 1.807) is 30.6 Å². The van der Waals surface area contributed by atoms with Gasteiger partial charge < -0.3 is 18.9 Å². The molecule has 1 saturated heterocycles. The summed E-state index contributed by atoms with van der Waals surface area (Å²) in [6.45, 7) is 5.90. The Labute approximate surface area is 191 Å². The van der Waals surface area contributed by atoms with E-state index in [0.717, 1.165) is 24.2 Å². The summed E-state index contributed by atoms with van der Waals surface area (Å²) in [5, 5.41) is 8.04. The highest BCUT2D eigenvalue weighted by Crippen LogP contribution is 2.28. The molecule has 0 unspecified atom stereocenters. The first-order valence-electron chi connectivity index (χ1n) is 10.5. The minimum atomic E-state index is -0.00460. The maximum absolute atomic E-state index is 12.6. The Morgan fingerprint density at radius 1 is 1.22 bits per heavy atom. The molecule has 2 aromatic heterocycles. The number of aromatic nitrogens is 2. The molecular formula is C23H26N4O4S. The summed E-state index contributed by atoms with van der Waals surface area (Å²) in [6.07, 6.45) is 3.41. The predicted octanol–water partition coefficient (Wildman–Crippen LogP) is 3.56. The van der Waals surface area contributed by atoms with Crippen LogP contribution in [0, 0.1) is 0 Å². The van der Waals surface area contributed by atoms with Crippen LogP contribution in [0.2, 0.25) is 0 Å². The molecule has 32 heavy (non-hydrogen) atoms. The van der Waals surface area contributed by atoms with Gasteiger partial charge in [0.1, 0.15) is 0 Å². The molecule has 0 radical (unpaired) electrons. The topological polar surface area (TPSA) is 80.9 Å². The van der Waals surface area contributed by atoms with Crippen molar-refractivity contribution in [3.05, 3.63) is 52.6 Å². The lowest BCUT2D eigenvalue weighted by atomic mass is 10.2. The van der Waals surface area contributed by atoms with Crippen LogP contribution in [-0.2, 0) is 11.3 Å². The lowest BCUT2D eigenvalue weighted by Crippen LogP contribution is -2.47. The Morgan fingerprint density at radius 2 is 2.06 bits per heavy atom. The highest BCUT2D eigenvalue weighted by Gasteiger charge is 2.21. The quantitative estimate of drug-likeness (QED) is 0.482. The Hall–Kier alpha value is -3.17. The molecule has 0 N–H and O–H groups in total.